The molecule has 20 nitrogen and oxygen atoms in total. The maximum absolute atomic E-state index is 8.56. The number of hydrogen-bond acceptors (Lipinski definition) is 20. The zero-order chi connectivity index (χ0) is 76.5. The Hall–Kier alpha value is -4.80. The SMILES string of the molecule is CC(O)CC(C)O.CC(O)CC(C)O.CC(O)CC(C)O.CC(O)CC(C)O.Cc1c[c-]c(-c2ncnc(C(C)C)n2)cc1.Cc1cc[c-]c(-c2ncnc(C(C)(C)C)n2)c1.[Ir].[Ir].[Ir].[Ir].[c-]1ccccc1-c1ncnc(C23CC4CC(CC(C4)C2)C3)n1.[c-]1ccccc1-c1ncnc(C2C3CC4CC(C3)CC2C4)n1. The fraction of sp³-hybridized carbons (Fsp3) is 0.576. The summed E-state index contributed by atoms with van der Waals surface area (Å²) in [5, 5.41) is 68.5. The van der Waals surface area contributed by atoms with Crippen LogP contribution in [0.25, 0.3) is 45.6 Å². The van der Waals surface area contributed by atoms with Crippen molar-refractivity contribution in [1.29, 1.82) is 0 Å². The summed E-state index contributed by atoms with van der Waals surface area (Å²) in [6.45, 7) is 27.8. The third-order valence-corrected chi connectivity index (χ3v) is 19.6. The van der Waals surface area contributed by atoms with Crippen molar-refractivity contribution < 1.29 is 121 Å². The van der Waals surface area contributed by atoms with E-state index in [1.165, 1.54) is 81.8 Å². The van der Waals surface area contributed by atoms with E-state index in [1.807, 2.05) is 98.8 Å². The normalized spacial score (nSPS) is 22.6. The molecule has 0 amide bonds. The average molecular weight is 2200 g/mol. The third kappa shape index (κ3) is 33.3. The van der Waals surface area contributed by atoms with Crippen LogP contribution in [0.15, 0.2) is 110 Å². The van der Waals surface area contributed by atoms with Crippen molar-refractivity contribution in [2.75, 3.05) is 0 Å². The van der Waals surface area contributed by atoms with Crippen LogP contribution in [0, 0.1) is 79.5 Å². The molecule has 8 unspecified atom stereocenters. The molecule has 24 heteroatoms. The van der Waals surface area contributed by atoms with E-state index in [-0.39, 0.29) is 140 Å². The van der Waals surface area contributed by atoms with Crippen LogP contribution in [0.2, 0.25) is 0 Å². The molecule has 606 valence electrons. The van der Waals surface area contributed by atoms with Crippen molar-refractivity contribution in [2.45, 2.75) is 272 Å². The monoisotopic (exact) mass is 2210 g/mol. The topological polar surface area (TPSA) is 317 Å². The Morgan fingerprint density at radius 3 is 1.18 bits per heavy atom. The summed E-state index contributed by atoms with van der Waals surface area (Å²) in [6.07, 6.45) is 20.7. The Balaban J connectivity index is 0.000000336. The number of aryl methyl sites for hydroxylation is 2. The molecule has 0 aliphatic heterocycles. The van der Waals surface area contributed by atoms with E-state index < -0.39 is 0 Å². The minimum atomic E-state index is -0.375. The second-order valence-corrected chi connectivity index (χ2v) is 32.0. The second-order valence-electron chi connectivity index (χ2n) is 32.0. The molecule has 16 rings (SSSR count). The van der Waals surface area contributed by atoms with Gasteiger partial charge in [0.25, 0.3) is 0 Å². The third-order valence-electron chi connectivity index (χ3n) is 19.6. The van der Waals surface area contributed by atoms with E-state index >= 15 is 0 Å². The molecule has 4 heterocycles. The molecule has 8 aliphatic rings. The molecule has 8 aliphatic carbocycles. The molecule has 4 aromatic heterocycles. The molecular weight excluding hydrogens is 2090 g/mol. The van der Waals surface area contributed by atoms with Gasteiger partial charge in [0.15, 0.2) is 0 Å². The number of benzene rings is 4. The minimum Gasteiger partial charge on any atom is -0.393 e. The number of aliphatic hydroxyl groups is 8. The molecule has 0 saturated heterocycles. The van der Waals surface area contributed by atoms with Crippen LogP contribution in [0.1, 0.15) is 233 Å². The van der Waals surface area contributed by atoms with E-state index in [4.69, 9.17) is 50.8 Å². The fourth-order valence-electron chi connectivity index (χ4n) is 15.9. The van der Waals surface area contributed by atoms with Gasteiger partial charge < -0.3 is 40.9 Å². The summed E-state index contributed by atoms with van der Waals surface area (Å²) < 4.78 is 0. The van der Waals surface area contributed by atoms with Gasteiger partial charge >= 0.3 is 0 Å². The Morgan fingerprint density at radius 1 is 0.394 bits per heavy atom. The summed E-state index contributed by atoms with van der Waals surface area (Å²) in [4.78, 5) is 53.3. The first-order valence-corrected chi connectivity index (χ1v) is 37.9. The van der Waals surface area contributed by atoms with E-state index in [1.54, 1.807) is 80.7 Å². The average Bonchev–Trinajstić information content (AvgIpc) is 0.738. The van der Waals surface area contributed by atoms with Gasteiger partial charge in [0.2, 0.25) is 0 Å². The summed E-state index contributed by atoms with van der Waals surface area (Å²) in [5.74, 6) is 13.9. The molecular formula is C85H118Ir4N12O8-4. The second kappa shape index (κ2) is 48.4. The van der Waals surface area contributed by atoms with Gasteiger partial charge in [0.05, 0.1) is 72.1 Å². The summed E-state index contributed by atoms with van der Waals surface area (Å²) >= 11 is 0. The number of aromatic nitrogens is 12. The molecule has 4 radical (unpaired) electrons. The van der Waals surface area contributed by atoms with Crippen LogP contribution < -0.4 is 0 Å². The summed E-state index contributed by atoms with van der Waals surface area (Å²) in [7, 11) is 0. The van der Waals surface area contributed by atoms with Gasteiger partial charge in [0.1, 0.15) is 48.6 Å². The standard InChI is InChI=1S/2C19H20N3.C14H16N3.C13H14N3.4C5H12O2.4Ir/c1-2-4-16(5-3-1)17-20-12-21-18(22-17)19-9-13-6-14(10-19)8-15(7-13)11-19;1-2-4-14(5-3-1)18-20-11-21-19(22-18)17-15-7-12-6-13(9-15)10-16(17)8-12;1-10-6-5-7-11(8-10)12-15-9-16-13(17-12)14(2,3)4;1-9(2)12-14-8-15-13(16-12)11-6-4-10(3)5-7-11;4*1-4(6)3-5(2)7;;;;/h1-4,12-15H,6-11H2;1-4,11-13,15-17H,6-10H2;5-6,8-9H,1-4H3;4-6,8-9H,1-3H3;4*4-7H,3H2,1-2H3;;;;/q4*-1;;;;;;;;. The fourth-order valence-corrected chi connectivity index (χ4v) is 15.9. The predicted molar refractivity (Wildman–Crippen MR) is 410 cm³/mol. The van der Waals surface area contributed by atoms with E-state index in [0.717, 1.165) is 98.6 Å². The molecule has 8 bridgehead atoms. The Labute approximate surface area is 703 Å². The maximum Gasteiger partial charge on any atom is 0.128 e. The number of hydrogen-bond donors (Lipinski definition) is 8. The van der Waals surface area contributed by atoms with Crippen LogP contribution >= 0.6 is 0 Å². The van der Waals surface area contributed by atoms with Gasteiger partial charge in [-0.05, 0) is 193 Å². The molecule has 0 spiro atoms. The summed E-state index contributed by atoms with van der Waals surface area (Å²) in [5.41, 5.74) is 6.29. The van der Waals surface area contributed by atoms with Crippen LogP contribution in [-0.4, -0.2) is 149 Å². The van der Waals surface area contributed by atoms with E-state index in [9.17, 15) is 0 Å². The zero-order valence-corrected chi connectivity index (χ0v) is 75.7. The Bertz CT molecular complexity index is 3680. The van der Waals surface area contributed by atoms with E-state index in [2.05, 4.69) is 109 Å². The Kier molecular flexibility index (Phi) is 43.7. The molecule has 8 fully saturated rings. The number of aliphatic hydroxyl groups excluding tert-OH is 8. The predicted octanol–water partition coefficient (Wildman–Crippen LogP) is 13.9. The first-order chi connectivity index (χ1) is 49.8. The zero-order valence-electron chi connectivity index (χ0n) is 66.1. The molecule has 8 atom stereocenters. The quantitative estimate of drug-likeness (QED) is 0.0442. The van der Waals surface area contributed by atoms with Crippen LogP contribution in [0.4, 0.5) is 0 Å². The van der Waals surface area contributed by atoms with Gasteiger partial charge in [-0.1, -0.05) is 48.5 Å². The molecule has 4 aromatic carbocycles. The molecule has 8 N–H and O–H groups in total. The minimum absolute atomic E-state index is 0. The van der Waals surface area contributed by atoms with Gasteiger partial charge in [-0.3, -0.25) is 39.9 Å². The smallest absolute Gasteiger partial charge is 0.128 e. The molecule has 8 saturated carbocycles. The largest absolute Gasteiger partial charge is 0.393 e. The first-order valence-electron chi connectivity index (χ1n) is 37.9. The van der Waals surface area contributed by atoms with Crippen molar-refractivity contribution in [3.05, 3.63) is 169 Å². The van der Waals surface area contributed by atoms with Crippen molar-refractivity contribution in [1.82, 2.24) is 59.8 Å². The van der Waals surface area contributed by atoms with Gasteiger partial charge in [-0.25, -0.2) is 19.9 Å². The first kappa shape index (κ1) is 98.4. The Morgan fingerprint density at radius 2 is 0.789 bits per heavy atom. The van der Waals surface area contributed by atoms with Crippen molar-refractivity contribution in [2.24, 2.45) is 41.4 Å². The van der Waals surface area contributed by atoms with Crippen LogP contribution in [0.5, 0.6) is 0 Å². The van der Waals surface area contributed by atoms with Crippen LogP contribution in [-0.2, 0) is 91.3 Å². The van der Waals surface area contributed by atoms with Crippen molar-refractivity contribution >= 4 is 0 Å². The van der Waals surface area contributed by atoms with Crippen molar-refractivity contribution in [3.8, 4) is 45.6 Å². The maximum atomic E-state index is 8.56. The number of nitrogens with zero attached hydrogens (tertiary/aromatic N) is 12. The number of rotatable bonds is 15. The molecule has 109 heavy (non-hydrogen) atoms. The van der Waals surface area contributed by atoms with Crippen molar-refractivity contribution in [3.63, 3.8) is 0 Å². The van der Waals surface area contributed by atoms with Gasteiger partial charge in [-0.15, -0.1) is 143 Å². The van der Waals surface area contributed by atoms with Gasteiger partial charge in [0, 0.05) is 103 Å². The van der Waals surface area contributed by atoms with E-state index in [0.29, 0.717) is 49.2 Å². The summed E-state index contributed by atoms with van der Waals surface area (Å²) in [6, 6.07) is 40.5. The van der Waals surface area contributed by atoms with Gasteiger partial charge in [-0.2, -0.15) is 0 Å². The molecule has 8 aromatic rings. The van der Waals surface area contributed by atoms with Crippen LogP contribution in [0.3, 0.4) is 0 Å².